The topological polar surface area (TPSA) is 67.3 Å². The number of benzene rings is 1. The Balaban J connectivity index is 1.44. The number of aromatic nitrogens is 2. The van der Waals surface area contributed by atoms with E-state index in [-0.39, 0.29) is 11.9 Å². The maximum Gasteiger partial charge on any atom is 0.224 e. The number of hydrogen-bond acceptors (Lipinski definition) is 5. The van der Waals surface area contributed by atoms with Crippen LogP contribution in [0.25, 0.3) is 0 Å². The molecule has 2 aromatic rings. The lowest BCUT2D eigenvalue weighted by molar-refractivity contribution is -0.121. The lowest BCUT2D eigenvalue weighted by Crippen LogP contribution is -2.60. The predicted molar refractivity (Wildman–Crippen MR) is 87.5 cm³/mol. The molecule has 0 saturated carbocycles. The Bertz CT molecular complexity index is 639. The fourth-order valence-electron chi connectivity index (χ4n) is 2.55. The van der Waals surface area contributed by atoms with Gasteiger partial charge in [0.1, 0.15) is 11.6 Å². The summed E-state index contributed by atoms with van der Waals surface area (Å²) < 4.78 is 5.39. The Morgan fingerprint density at radius 2 is 2.09 bits per heavy atom. The van der Waals surface area contributed by atoms with E-state index in [0.29, 0.717) is 13.0 Å². The minimum atomic E-state index is 0.0398. The van der Waals surface area contributed by atoms with Crippen molar-refractivity contribution in [3.63, 3.8) is 0 Å². The summed E-state index contributed by atoms with van der Waals surface area (Å²) in [7, 11) is 0. The van der Waals surface area contributed by atoms with Gasteiger partial charge in [0, 0.05) is 25.5 Å². The van der Waals surface area contributed by atoms with Crippen LogP contribution in [-0.4, -0.2) is 41.6 Å². The van der Waals surface area contributed by atoms with Crippen molar-refractivity contribution >= 4 is 11.7 Å². The van der Waals surface area contributed by atoms with Gasteiger partial charge in [-0.25, -0.2) is 4.98 Å². The zero-order chi connectivity index (χ0) is 16.1. The maximum absolute atomic E-state index is 12.1. The molecule has 1 fully saturated rings. The first-order valence-electron chi connectivity index (χ1n) is 7.76. The average molecular weight is 312 g/mol. The third kappa shape index (κ3) is 3.97. The van der Waals surface area contributed by atoms with E-state index in [9.17, 15) is 4.79 Å². The van der Waals surface area contributed by atoms with Gasteiger partial charge in [-0.2, -0.15) is 0 Å². The van der Waals surface area contributed by atoms with Crippen LogP contribution in [0.3, 0.4) is 0 Å². The molecular weight excluding hydrogens is 292 g/mol. The van der Waals surface area contributed by atoms with Crippen LogP contribution in [0.5, 0.6) is 5.75 Å². The molecule has 0 radical (unpaired) electrons. The van der Waals surface area contributed by atoms with Gasteiger partial charge in [0.25, 0.3) is 0 Å². The van der Waals surface area contributed by atoms with Gasteiger partial charge in [-0.15, -0.1) is 0 Å². The van der Waals surface area contributed by atoms with E-state index in [4.69, 9.17) is 4.74 Å². The normalized spacial score (nSPS) is 14.2. The van der Waals surface area contributed by atoms with Crippen molar-refractivity contribution in [1.29, 1.82) is 0 Å². The Labute approximate surface area is 135 Å². The number of carbonyl (C=O) groups is 1. The van der Waals surface area contributed by atoms with Gasteiger partial charge in [0.15, 0.2) is 0 Å². The second-order valence-electron chi connectivity index (χ2n) is 5.49. The summed E-state index contributed by atoms with van der Waals surface area (Å²) in [6, 6.07) is 7.82. The molecular formula is C17H20N4O2. The van der Waals surface area contributed by atoms with E-state index in [2.05, 4.69) is 20.2 Å². The number of nitrogens with zero attached hydrogens (tertiary/aromatic N) is 3. The van der Waals surface area contributed by atoms with Gasteiger partial charge in [-0.3, -0.25) is 9.78 Å². The monoisotopic (exact) mass is 312 g/mol. The molecule has 23 heavy (non-hydrogen) atoms. The third-order valence-electron chi connectivity index (χ3n) is 3.72. The van der Waals surface area contributed by atoms with Gasteiger partial charge in [-0.1, -0.05) is 12.1 Å². The minimum absolute atomic E-state index is 0.0398. The Morgan fingerprint density at radius 3 is 2.74 bits per heavy atom. The highest BCUT2D eigenvalue weighted by Gasteiger charge is 2.28. The second-order valence-corrected chi connectivity index (χ2v) is 5.49. The van der Waals surface area contributed by atoms with Crippen molar-refractivity contribution in [3.8, 4) is 5.75 Å². The fourth-order valence-corrected chi connectivity index (χ4v) is 2.55. The molecule has 6 heteroatoms. The number of nitrogens with one attached hydrogen (secondary N) is 1. The first-order chi connectivity index (χ1) is 11.2. The number of anilines is 1. The van der Waals surface area contributed by atoms with E-state index < -0.39 is 0 Å². The summed E-state index contributed by atoms with van der Waals surface area (Å²) in [5.41, 5.74) is 0.982. The maximum atomic E-state index is 12.1. The molecule has 120 valence electrons. The molecule has 1 N–H and O–H groups in total. The van der Waals surface area contributed by atoms with Crippen LogP contribution in [0.1, 0.15) is 12.5 Å². The molecule has 2 heterocycles. The summed E-state index contributed by atoms with van der Waals surface area (Å²) in [6.07, 6.45) is 5.44. The van der Waals surface area contributed by atoms with E-state index >= 15 is 0 Å². The number of carbonyl (C=O) groups excluding carboxylic acids is 1. The van der Waals surface area contributed by atoms with E-state index in [1.807, 2.05) is 31.2 Å². The van der Waals surface area contributed by atoms with Crippen LogP contribution in [0.15, 0.2) is 42.9 Å². The first kappa shape index (κ1) is 15.3. The van der Waals surface area contributed by atoms with Gasteiger partial charge < -0.3 is 15.0 Å². The summed E-state index contributed by atoms with van der Waals surface area (Å²) in [5.74, 6) is 1.72. The van der Waals surface area contributed by atoms with Crippen LogP contribution in [0, 0.1) is 0 Å². The van der Waals surface area contributed by atoms with Crippen molar-refractivity contribution in [3.05, 3.63) is 48.4 Å². The molecule has 0 unspecified atom stereocenters. The van der Waals surface area contributed by atoms with Crippen LogP contribution in [-0.2, 0) is 11.2 Å². The summed E-state index contributed by atoms with van der Waals surface area (Å²) >= 11 is 0. The number of ether oxygens (including phenoxy) is 1. The van der Waals surface area contributed by atoms with Gasteiger partial charge >= 0.3 is 0 Å². The van der Waals surface area contributed by atoms with Crippen LogP contribution in [0.2, 0.25) is 0 Å². The summed E-state index contributed by atoms with van der Waals surface area (Å²) in [6.45, 7) is 4.13. The van der Waals surface area contributed by atoms with Crippen molar-refractivity contribution < 1.29 is 9.53 Å². The van der Waals surface area contributed by atoms with Crippen molar-refractivity contribution in [2.45, 2.75) is 19.4 Å². The Hall–Kier alpha value is -2.63. The van der Waals surface area contributed by atoms with Gasteiger partial charge in [-0.05, 0) is 24.6 Å². The SMILES string of the molecule is CCOc1ccc(CC(=O)NC2CN(c3cnccn3)C2)cc1. The summed E-state index contributed by atoms with van der Waals surface area (Å²) in [5, 5.41) is 3.04. The number of amides is 1. The van der Waals surface area contributed by atoms with Crippen molar-refractivity contribution in [2.75, 3.05) is 24.6 Å². The van der Waals surface area contributed by atoms with E-state index in [1.54, 1.807) is 18.6 Å². The van der Waals surface area contributed by atoms with Gasteiger partial charge in [0.05, 0.1) is 25.3 Å². The molecule has 3 rings (SSSR count). The first-order valence-corrected chi connectivity index (χ1v) is 7.76. The summed E-state index contributed by atoms with van der Waals surface area (Å²) in [4.78, 5) is 22.5. The minimum Gasteiger partial charge on any atom is -0.494 e. The molecule has 6 nitrogen and oxygen atoms in total. The molecule has 1 amide bonds. The third-order valence-corrected chi connectivity index (χ3v) is 3.72. The highest BCUT2D eigenvalue weighted by atomic mass is 16.5. The lowest BCUT2D eigenvalue weighted by Gasteiger charge is -2.40. The molecule has 0 atom stereocenters. The highest BCUT2D eigenvalue weighted by Crippen LogP contribution is 2.17. The number of rotatable bonds is 6. The molecule has 0 bridgehead atoms. The number of hydrogen-bond donors (Lipinski definition) is 1. The van der Waals surface area contributed by atoms with Gasteiger partial charge in [0.2, 0.25) is 5.91 Å². The smallest absolute Gasteiger partial charge is 0.224 e. The molecule has 1 aromatic carbocycles. The van der Waals surface area contributed by atoms with Crippen molar-refractivity contribution in [1.82, 2.24) is 15.3 Å². The molecule has 1 saturated heterocycles. The van der Waals surface area contributed by atoms with E-state index in [1.165, 1.54) is 0 Å². The average Bonchev–Trinajstić information content (AvgIpc) is 2.53. The largest absolute Gasteiger partial charge is 0.494 e. The standard InChI is InChI=1S/C17H20N4O2/c1-2-23-15-5-3-13(4-6-15)9-17(22)20-14-11-21(12-14)16-10-18-7-8-19-16/h3-8,10,14H,2,9,11-12H2,1H3,(H,20,22). The quantitative estimate of drug-likeness (QED) is 0.874. The van der Waals surface area contributed by atoms with Crippen LogP contribution < -0.4 is 15.0 Å². The highest BCUT2D eigenvalue weighted by molar-refractivity contribution is 5.79. The fraction of sp³-hybridized carbons (Fsp3) is 0.353. The van der Waals surface area contributed by atoms with E-state index in [0.717, 1.165) is 30.2 Å². The molecule has 1 aliphatic rings. The second kappa shape index (κ2) is 7.09. The zero-order valence-corrected chi connectivity index (χ0v) is 13.1. The predicted octanol–water partition coefficient (Wildman–Crippen LogP) is 1.42. The van der Waals surface area contributed by atoms with Crippen LogP contribution in [0.4, 0.5) is 5.82 Å². The lowest BCUT2D eigenvalue weighted by atomic mass is 10.1. The zero-order valence-electron chi connectivity index (χ0n) is 13.1. The molecule has 1 aliphatic heterocycles. The van der Waals surface area contributed by atoms with Crippen LogP contribution >= 0.6 is 0 Å². The molecule has 1 aromatic heterocycles. The molecule has 0 aliphatic carbocycles. The molecule has 0 spiro atoms. The Morgan fingerprint density at radius 1 is 1.30 bits per heavy atom. The van der Waals surface area contributed by atoms with Crippen molar-refractivity contribution in [2.24, 2.45) is 0 Å². The Kier molecular flexibility index (Phi) is 4.71.